The van der Waals surface area contributed by atoms with Gasteiger partial charge in [-0.2, -0.15) is 0 Å². The van der Waals surface area contributed by atoms with E-state index in [1.54, 1.807) is 0 Å². The van der Waals surface area contributed by atoms with Crippen LogP contribution in [-0.2, 0) is 14.3 Å². The van der Waals surface area contributed by atoms with Crippen LogP contribution in [0, 0.1) is 5.92 Å². The molecule has 9 atom stereocenters. The number of carbonyl (C=O) groups excluding carboxylic acids is 2. The van der Waals surface area contributed by atoms with E-state index >= 15 is 0 Å². The van der Waals surface area contributed by atoms with E-state index in [1.807, 2.05) is 0 Å². The van der Waals surface area contributed by atoms with Crippen molar-refractivity contribution in [3.05, 3.63) is 251 Å². The van der Waals surface area contributed by atoms with Gasteiger partial charge in [-0.1, -0.05) is 219 Å². The molecule has 7 aromatic rings. The molecule has 7 aromatic carbocycles. The number of rotatable bonds is 22. The van der Waals surface area contributed by atoms with Gasteiger partial charge in [0, 0.05) is 0 Å². The van der Waals surface area contributed by atoms with E-state index < -0.39 is 23.9 Å². The first-order chi connectivity index (χ1) is 32.4. The van der Waals surface area contributed by atoms with Crippen molar-refractivity contribution in [3.63, 3.8) is 0 Å². The summed E-state index contributed by atoms with van der Waals surface area (Å²) in [5, 5.41) is 0. The predicted molar refractivity (Wildman–Crippen MR) is 269 cm³/mol. The molecule has 4 heteroatoms. The molecule has 0 radical (unpaired) electrons. The molecule has 336 valence electrons. The maximum Gasteiger partial charge on any atom is 0.331 e. The number of hydrogen-bond acceptors (Lipinski definition) is 4. The average Bonchev–Trinajstić information content (AvgIpc) is 3.63. The van der Waals surface area contributed by atoms with Gasteiger partial charge >= 0.3 is 11.9 Å². The maximum absolute atomic E-state index is 12.8. The highest BCUT2D eigenvalue weighted by atomic mass is 16.6. The Balaban J connectivity index is 1.13. The molecule has 1 aliphatic heterocycles. The summed E-state index contributed by atoms with van der Waals surface area (Å²) >= 11 is 0. The number of ether oxygens (including phenoxy) is 1. The van der Waals surface area contributed by atoms with Crippen molar-refractivity contribution in [2.24, 2.45) is 11.7 Å². The minimum absolute atomic E-state index is 0.143. The lowest BCUT2D eigenvalue weighted by Crippen LogP contribution is -2.33. The van der Waals surface area contributed by atoms with Gasteiger partial charge in [0.2, 0.25) is 0 Å². The predicted octanol–water partition coefficient (Wildman–Crippen LogP) is 14.6. The number of hydrogen-bond donors (Lipinski definition) is 1. The summed E-state index contributed by atoms with van der Waals surface area (Å²) < 4.78 is 4.98. The highest BCUT2D eigenvalue weighted by molar-refractivity contribution is 5.98. The summed E-state index contributed by atoms with van der Waals surface area (Å²) in [4.78, 5) is 25.1. The van der Waals surface area contributed by atoms with Crippen LogP contribution in [0.5, 0.6) is 0 Å². The van der Waals surface area contributed by atoms with E-state index in [-0.39, 0.29) is 17.8 Å². The Hall–Kier alpha value is -6.36. The molecule has 8 rings (SSSR count). The van der Waals surface area contributed by atoms with Crippen LogP contribution in [-0.4, -0.2) is 18.0 Å². The molecule has 1 fully saturated rings. The van der Waals surface area contributed by atoms with Crippen LogP contribution in [0.1, 0.15) is 139 Å². The lowest BCUT2D eigenvalue weighted by atomic mass is 9.71. The van der Waals surface area contributed by atoms with Crippen LogP contribution < -0.4 is 5.73 Å². The smallest absolute Gasteiger partial charge is 0.331 e. The summed E-state index contributed by atoms with van der Waals surface area (Å²) in [7, 11) is 0. The topological polar surface area (TPSA) is 69.4 Å². The molecule has 0 amide bonds. The Bertz CT molecular complexity index is 2500. The molecular formula is C62H65NO3. The first-order valence-corrected chi connectivity index (χ1v) is 24.2. The second-order valence-corrected chi connectivity index (χ2v) is 18.8. The molecule has 2 N–H and O–H groups in total. The maximum atomic E-state index is 12.8. The van der Waals surface area contributed by atoms with E-state index in [0.29, 0.717) is 30.1 Å². The Labute approximate surface area is 393 Å². The summed E-state index contributed by atoms with van der Waals surface area (Å²) in [6.45, 7) is 2.39. The van der Waals surface area contributed by atoms with Gasteiger partial charge in [-0.3, -0.25) is 4.79 Å². The van der Waals surface area contributed by atoms with E-state index in [1.165, 1.54) is 38.9 Å². The van der Waals surface area contributed by atoms with Gasteiger partial charge in [0.05, 0.1) is 5.92 Å². The van der Waals surface area contributed by atoms with Gasteiger partial charge < -0.3 is 10.5 Å². The molecule has 0 aromatic heterocycles. The highest BCUT2D eigenvalue weighted by Gasteiger charge is 2.42. The number of nitrogens with two attached hydrogens (primary N) is 1. The van der Waals surface area contributed by atoms with E-state index in [2.05, 4.69) is 219 Å². The van der Waals surface area contributed by atoms with E-state index in [0.717, 1.165) is 44.9 Å². The molecule has 0 bridgehead atoms. The van der Waals surface area contributed by atoms with Crippen molar-refractivity contribution >= 4 is 11.9 Å². The first-order valence-electron chi connectivity index (χ1n) is 24.2. The fourth-order valence-electron chi connectivity index (χ4n) is 10.9. The minimum Gasteiger partial charge on any atom is -0.392 e. The van der Waals surface area contributed by atoms with Crippen LogP contribution in [0.4, 0.5) is 0 Å². The third kappa shape index (κ3) is 12.3. The third-order valence-electron chi connectivity index (χ3n) is 14.5. The van der Waals surface area contributed by atoms with Gasteiger partial charge in [0.1, 0.15) is 6.04 Å². The Morgan fingerprint density at radius 1 is 0.364 bits per heavy atom. The zero-order valence-corrected chi connectivity index (χ0v) is 38.4. The quantitative estimate of drug-likeness (QED) is 0.0544. The van der Waals surface area contributed by atoms with Crippen molar-refractivity contribution in [1.29, 1.82) is 0 Å². The van der Waals surface area contributed by atoms with Crippen LogP contribution in [0.3, 0.4) is 0 Å². The molecule has 4 nitrogen and oxygen atoms in total. The van der Waals surface area contributed by atoms with Crippen molar-refractivity contribution in [3.8, 4) is 0 Å². The van der Waals surface area contributed by atoms with Crippen LogP contribution in [0.2, 0.25) is 0 Å². The van der Waals surface area contributed by atoms with E-state index in [4.69, 9.17) is 10.5 Å². The first kappa shape index (κ1) is 46.2. The monoisotopic (exact) mass is 871 g/mol. The van der Waals surface area contributed by atoms with Crippen LogP contribution >= 0.6 is 0 Å². The van der Waals surface area contributed by atoms with Crippen LogP contribution in [0.25, 0.3) is 0 Å². The lowest BCUT2D eigenvalue weighted by Gasteiger charge is -2.33. The summed E-state index contributed by atoms with van der Waals surface area (Å²) in [6.07, 6.45) is 7.23. The van der Waals surface area contributed by atoms with Gasteiger partial charge in [0.15, 0.2) is 0 Å². The normalized spacial score (nSPS) is 18.1. The van der Waals surface area contributed by atoms with Gasteiger partial charge in [-0.25, -0.2) is 4.79 Å². The minimum atomic E-state index is -0.911. The summed E-state index contributed by atoms with van der Waals surface area (Å²) in [6, 6.07) is 76.7. The van der Waals surface area contributed by atoms with Crippen molar-refractivity contribution in [2.75, 3.05) is 0 Å². The van der Waals surface area contributed by atoms with Crippen molar-refractivity contribution in [1.82, 2.24) is 0 Å². The zero-order chi connectivity index (χ0) is 45.5. The number of carbonyl (C=O) groups is 2. The molecule has 0 aliphatic carbocycles. The molecule has 0 saturated carbocycles. The highest BCUT2D eigenvalue weighted by Crippen LogP contribution is 2.47. The molecule has 0 spiro atoms. The Morgan fingerprint density at radius 2 is 0.621 bits per heavy atom. The summed E-state index contributed by atoms with van der Waals surface area (Å²) in [5.41, 5.74) is 15.8. The largest absolute Gasteiger partial charge is 0.392 e. The Morgan fingerprint density at radius 3 is 0.909 bits per heavy atom. The Kier molecular flexibility index (Phi) is 16.2. The number of cyclic esters (lactones) is 2. The lowest BCUT2D eigenvalue weighted by molar-refractivity contribution is -0.153. The average molecular weight is 872 g/mol. The molecule has 9 unspecified atom stereocenters. The van der Waals surface area contributed by atoms with Gasteiger partial charge in [-0.15, -0.1) is 0 Å². The number of esters is 2. The second kappa shape index (κ2) is 23.2. The molecule has 1 heterocycles. The summed E-state index contributed by atoms with van der Waals surface area (Å²) in [5.74, 6) is 0.298. The van der Waals surface area contributed by atoms with E-state index in [9.17, 15) is 9.59 Å². The van der Waals surface area contributed by atoms with Gasteiger partial charge in [-0.05, 0) is 132 Å². The second-order valence-electron chi connectivity index (χ2n) is 18.8. The standard InChI is InChI=1S/C62H65NO3/c1-45(46-23-9-2-10-24-46)39-54(48-27-13-4-14-28-48)41-56(50-31-17-6-18-32-50)43-58(52-35-21-8-22-36-52)44-57(51-33-19-7-20-34-51)42-55(49-29-15-5-16-30-49)40-53(47-25-11-3-12-26-47)37-38-59-60(63)62(65)66-61(59)64/h2-36,45,53-60H,37-44,63H2,1H3. The SMILES string of the molecule is CC(CC(CC(CC(CC(CC(CC(CCC1C(=O)OC(=O)C1N)c1ccccc1)c1ccccc1)c1ccccc1)c1ccccc1)c1ccccc1)c1ccccc1)c1ccccc1. The molecule has 1 saturated heterocycles. The zero-order valence-electron chi connectivity index (χ0n) is 38.4. The fraction of sp³-hybridized carbons (Fsp3) is 0.290. The number of benzene rings is 7. The third-order valence-corrected chi connectivity index (χ3v) is 14.5. The van der Waals surface area contributed by atoms with Crippen molar-refractivity contribution < 1.29 is 14.3 Å². The molecular weight excluding hydrogens is 807 g/mol. The fourth-order valence-corrected chi connectivity index (χ4v) is 10.9. The van der Waals surface area contributed by atoms with Gasteiger partial charge in [0.25, 0.3) is 0 Å². The van der Waals surface area contributed by atoms with Crippen LogP contribution in [0.15, 0.2) is 212 Å². The molecule has 1 aliphatic rings. The van der Waals surface area contributed by atoms with Crippen molar-refractivity contribution in [2.45, 2.75) is 106 Å². The molecule has 66 heavy (non-hydrogen) atoms.